The lowest BCUT2D eigenvalue weighted by molar-refractivity contribution is -0.127. The summed E-state index contributed by atoms with van der Waals surface area (Å²) in [5.74, 6) is 0.644. The van der Waals surface area contributed by atoms with Gasteiger partial charge in [0.15, 0.2) is 5.96 Å². The van der Waals surface area contributed by atoms with E-state index in [0.717, 1.165) is 29.9 Å². The van der Waals surface area contributed by atoms with E-state index in [-0.39, 0.29) is 36.4 Å². The average Bonchev–Trinajstić information content (AvgIpc) is 3.19. The standard InChI is InChI=1S/C18H28N6OS.HI/c1-13-16(14(2)24(5)22-13)11-20-18(21-12-17(25)23(3)4)19-9-8-15-7-6-10-26-15;/h6-7,10H,8-9,11-12H2,1-5H3,(H2,19,20,21);1H. The summed E-state index contributed by atoms with van der Waals surface area (Å²) in [5.41, 5.74) is 3.20. The summed E-state index contributed by atoms with van der Waals surface area (Å²) in [7, 11) is 5.42. The van der Waals surface area contributed by atoms with E-state index in [1.807, 2.05) is 25.6 Å². The van der Waals surface area contributed by atoms with Gasteiger partial charge in [0.25, 0.3) is 0 Å². The summed E-state index contributed by atoms with van der Waals surface area (Å²) in [4.78, 5) is 19.4. The monoisotopic (exact) mass is 504 g/mol. The minimum atomic E-state index is 0. The van der Waals surface area contributed by atoms with Crippen LogP contribution in [0.4, 0.5) is 0 Å². The number of likely N-dealkylation sites (N-methyl/N-ethyl adjacent to an activating group) is 1. The van der Waals surface area contributed by atoms with Gasteiger partial charge in [0.1, 0.15) is 0 Å². The van der Waals surface area contributed by atoms with Gasteiger partial charge in [-0.25, -0.2) is 4.99 Å². The number of hydrogen-bond donors (Lipinski definition) is 2. The fourth-order valence-electron chi connectivity index (χ4n) is 2.46. The normalized spacial score (nSPS) is 11.1. The van der Waals surface area contributed by atoms with Gasteiger partial charge in [-0.2, -0.15) is 5.10 Å². The van der Waals surface area contributed by atoms with E-state index in [2.05, 4.69) is 38.2 Å². The van der Waals surface area contributed by atoms with Gasteiger partial charge >= 0.3 is 0 Å². The minimum Gasteiger partial charge on any atom is -0.356 e. The van der Waals surface area contributed by atoms with Crippen LogP contribution in [0.1, 0.15) is 21.8 Å². The summed E-state index contributed by atoms with van der Waals surface area (Å²) < 4.78 is 1.87. The Kier molecular flexibility index (Phi) is 9.78. The van der Waals surface area contributed by atoms with E-state index in [1.165, 1.54) is 4.88 Å². The Hall–Kier alpha value is -1.62. The Bertz CT molecular complexity index is 754. The van der Waals surface area contributed by atoms with E-state index in [4.69, 9.17) is 0 Å². The zero-order valence-corrected chi connectivity index (χ0v) is 19.7. The molecule has 9 heteroatoms. The SMILES string of the molecule is Cc1nn(C)c(C)c1CN=C(NCCc1cccs1)NCC(=O)N(C)C.I. The van der Waals surface area contributed by atoms with Crippen molar-refractivity contribution < 1.29 is 4.79 Å². The third kappa shape index (κ3) is 7.13. The first-order valence-corrected chi connectivity index (χ1v) is 9.50. The van der Waals surface area contributed by atoms with Crippen LogP contribution >= 0.6 is 35.3 Å². The van der Waals surface area contributed by atoms with Crippen molar-refractivity contribution in [3.05, 3.63) is 39.3 Å². The largest absolute Gasteiger partial charge is 0.356 e. The van der Waals surface area contributed by atoms with Crippen molar-refractivity contribution in [3.8, 4) is 0 Å². The molecular formula is C18H29IN6OS. The molecule has 0 unspecified atom stereocenters. The maximum atomic E-state index is 11.9. The van der Waals surface area contributed by atoms with E-state index in [0.29, 0.717) is 12.5 Å². The summed E-state index contributed by atoms with van der Waals surface area (Å²) in [6.45, 7) is 5.52. The molecule has 2 aromatic heterocycles. The number of aryl methyl sites for hydroxylation is 2. The number of amides is 1. The van der Waals surface area contributed by atoms with Gasteiger partial charge in [-0.15, -0.1) is 35.3 Å². The summed E-state index contributed by atoms with van der Waals surface area (Å²) in [5, 5.41) is 12.9. The Morgan fingerprint density at radius 3 is 2.63 bits per heavy atom. The van der Waals surface area contributed by atoms with Gasteiger partial charge in [-0.05, 0) is 31.7 Å². The molecule has 0 saturated carbocycles. The molecule has 0 atom stereocenters. The van der Waals surface area contributed by atoms with E-state index >= 15 is 0 Å². The molecule has 1 amide bonds. The number of carbonyl (C=O) groups excluding carboxylic acids is 1. The van der Waals surface area contributed by atoms with Crippen molar-refractivity contribution in [3.63, 3.8) is 0 Å². The van der Waals surface area contributed by atoms with Crippen LogP contribution in [0.2, 0.25) is 0 Å². The number of guanidine groups is 1. The second-order valence-electron chi connectivity index (χ2n) is 6.34. The van der Waals surface area contributed by atoms with Gasteiger partial charge in [-0.3, -0.25) is 9.48 Å². The van der Waals surface area contributed by atoms with Gasteiger partial charge in [-0.1, -0.05) is 6.07 Å². The van der Waals surface area contributed by atoms with Crippen LogP contribution in [-0.4, -0.2) is 53.7 Å². The van der Waals surface area contributed by atoms with Crippen LogP contribution in [0.5, 0.6) is 0 Å². The molecular weight excluding hydrogens is 475 g/mol. The van der Waals surface area contributed by atoms with Crippen molar-refractivity contribution >= 4 is 47.2 Å². The van der Waals surface area contributed by atoms with Gasteiger partial charge in [0.2, 0.25) is 5.91 Å². The molecule has 150 valence electrons. The smallest absolute Gasteiger partial charge is 0.241 e. The molecule has 0 bridgehead atoms. The third-order valence-corrected chi connectivity index (χ3v) is 5.14. The third-order valence-electron chi connectivity index (χ3n) is 4.20. The molecule has 2 N–H and O–H groups in total. The molecule has 2 rings (SSSR count). The van der Waals surface area contributed by atoms with Crippen LogP contribution in [0.15, 0.2) is 22.5 Å². The lowest BCUT2D eigenvalue weighted by Crippen LogP contribution is -2.43. The Balaban J connectivity index is 0.00000364. The second kappa shape index (κ2) is 11.3. The molecule has 0 saturated heterocycles. The highest BCUT2D eigenvalue weighted by Gasteiger charge is 2.10. The molecule has 0 aliphatic heterocycles. The zero-order valence-electron chi connectivity index (χ0n) is 16.6. The number of carbonyl (C=O) groups is 1. The maximum absolute atomic E-state index is 11.9. The van der Waals surface area contributed by atoms with Gasteiger partial charge in [0, 0.05) is 43.8 Å². The number of nitrogens with zero attached hydrogens (tertiary/aromatic N) is 4. The molecule has 27 heavy (non-hydrogen) atoms. The number of nitrogens with one attached hydrogen (secondary N) is 2. The molecule has 0 aliphatic carbocycles. The predicted octanol–water partition coefficient (Wildman–Crippen LogP) is 2.08. The lowest BCUT2D eigenvalue weighted by atomic mass is 10.2. The molecule has 0 aliphatic rings. The van der Waals surface area contributed by atoms with E-state index in [9.17, 15) is 4.79 Å². The molecule has 0 spiro atoms. The van der Waals surface area contributed by atoms with Crippen molar-refractivity contribution in [2.45, 2.75) is 26.8 Å². The fraction of sp³-hybridized carbons (Fsp3) is 0.500. The van der Waals surface area contributed by atoms with Gasteiger partial charge in [0.05, 0.1) is 18.8 Å². The van der Waals surface area contributed by atoms with E-state index in [1.54, 1.807) is 30.3 Å². The van der Waals surface area contributed by atoms with Crippen LogP contribution in [0, 0.1) is 13.8 Å². The van der Waals surface area contributed by atoms with Crippen molar-refractivity contribution in [2.24, 2.45) is 12.0 Å². The molecule has 0 aromatic carbocycles. The summed E-state index contributed by atoms with van der Waals surface area (Å²) >= 11 is 1.74. The molecule has 2 aromatic rings. The van der Waals surface area contributed by atoms with Gasteiger partial charge < -0.3 is 15.5 Å². The number of halogens is 1. The van der Waals surface area contributed by atoms with Crippen LogP contribution in [0.3, 0.4) is 0 Å². The first-order chi connectivity index (χ1) is 12.4. The number of aromatic nitrogens is 2. The van der Waals surface area contributed by atoms with E-state index < -0.39 is 0 Å². The topological polar surface area (TPSA) is 74.5 Å². The molecule has 7 nitrogen and oxygen atoms in total. The lowest BCUT2D eigenvalue weighted by Gasteiger charge is -2.15. The van der Waals surface area contributed by atoms with Crippen LogP contribution < -0.4 is 10.6 Å². The van der Waals surface area contributed by atoms with Crippen LogP contribution in [-0.2, 0) is 24.8 Å². The summed E-state index contributed by atoms with van der Waals surface area (Å²) in [6.07, 6.45) is 0.922. The minimum absolute atomic E-state index is 0. The number of hydrogen-bond acceptors (Lipinski definition) is 4. The number of rotatable bonds is 7. The quantitative estimate of drug-likeness (QED) is 0.344. The highest BCUT2D eigenvalue weighted by molar-refractivity contribution is 14.0. The molecule has 0 fully saturated rings. The first kappa shape index (κ1) is 23.4. The molecule has 0 radical (unpaired) electrons. The summed E-state index contributed by atoms with van der Waals surface area (Å²) in [6, 6.07) is 4.17. The van der Waals surface area contributed by atoms with Crippen LogP contribution in [0.25, 0.3) is 0 Å². The maximum Gasteiger partial charge on any atom is 0.241 e. The Morgan fingerprint density at radius 2 is 2.07 bits per heavy atom. The highest BCUT2D eigenvalue weighted by Crippen LogP contribution is 2.13. The van der Waals surface area contributed by atoms with Crippen molar-refractivity contribution in [1.29, 1.82) is 0 Å². The predicted molar refractivity (Wildman–Crippen MR) is 122 cm³/mol. The number of thiophene rings is 1. The Labute approximate surface area is 182 Å². The highest BCUT2D eigenvalue weighted by atomic mass is 127. The van der Waals surface area contributed by atoms with Crippen molar-refractivity contribution in [1.82, 2.24) is 25.3 Å². The Morgan fingerprint density at radius 1 is 1.33 bits per heavy atom. The average molecular weight is 504 g/mol. The molecule has 2 heterocycles. The number of aliphatic imine (C=N–C) groups is 1. The first-order valence-electron chi connectivity index (χ1n) is 8.62. The zero-order chi connectivity index (χ0) is 19.1. The fourth-order valence-corrected chi connectivity index (χ4v) is 3.16. The van der Waals surface area contributed by atoms with Crippen molar-refractivity contribution in [2.75, 3.05) is 27.2 Å². The second-order valence-corrected chi connectivity index (χ2v) is 7.37.